The van der Waals surface area contributed by atoms with Crippen LogP contribution in [0.3, 0.4) is 0 Å². The van der Waals surface area contributed by atoms with Crippen LogP contribution in [0.4, 0.5) is 5.69 Å². The van der Waals surface area contributed by atoms with Crippen molar-refractivity contribution in [2.24, 2.45) is 4.99 Å². The van der Waals surface area contributed by atoms with E-state index in [1.807, 2.05) is 6.92 Å². The molecule has 0 unspecified atom stereocenters. The maximum absolute atomic E-state index is 11.9. The van der Waals surface area contributed by atoms with E-state index in [-0.39, 0.29) is 12.1 Å². The summed E-state index contributed by atoms with van der Waals surface area (Å²) in [5, 5.41) is 10.1. The van der Waals surface area contributed by atoms with Gasteiger partial charge >= 0.3 is 5.69 Å². The van der Waals surface area contributed by atoms with E-state index < -0.39 is 17.1 Å². The zero-order valence-electron chi connectivity index (χ0n) is 12.9. The molecular formula is C16H17N3O4. The Morgan fingerprint density at radius 1 is 1.43 bits per heavy atom. The van der Waals surface area contributed by atoms with Gasteiger partial charge in [0, 0.05) is 12.8 Å². The zero-order chi connectivity index (χ0) is 17.0. The minimum atomic E-state index is -0.706. The molecule has 2 N–H and O–H groups in total. The van der Waals surface area contributed by atoms with Crippen LogP contribution in [-0.4, -0.2) is 28.0 Å². The summed E-state index contributed by atoms with van der Waals surface area (Å²) < 4.78 is 6.11. The normalized spacial score (nSPS) is 10.9. The van der Waals surface area contributed by atoms with Crippen LogP contribution >= 0.6 is 0 Å². The highest BCUT2D eigenvalue weighted by molar-refractivity contribution is 5.84. The third-order valence-corrected chi connectivity index (χ3v) is 3.26. The molecular weight excluding hydrogens is 298 g/mol. The number of H-pyrrole nitrogens is 1. The first-order valence-corrected chi connectivity index (χ1v) is 6.83. The summed E-state index contributed by atoms with van der Waals surface area (Å²) in [6.07, 6.45) is 2.66. The number of ether oxygens (including phenoxy) is 1. The number of nitrogens with zero attached hydrogens (tertiary/aromatic N) is 2. The van der Waals surface area contributed by atoms with Crippen molar-refractivity contribution < 1.29 is 9.84 Å². The number of aliphatic imine (C=N–C) groups is 1. The smallest absolute Gasteiger partial charge is 0.331 e. The molecule has 120 valence electrons. The summed E-state index contributed by atoms with van der Waals surface area (Å²) in [5.41, 5.74) is -0.0448. The van der Waals surface area contributed by atoms with E-state index in [1.54, 1.807) is 25.3 Å². The summed E-state index contributed by atoms with van der Waals surface area (Å²) in [5.74, 6) is 0.246. The number of aromatic hydroxyl groups is 1. The molecule has 0 spiro atoms. The molecule has 0 aliphatic heterocycles. The monoisotopic (exact) mass is 315 g/mol. The predicted molar refractivity (Wildman–Crippen MR) is 88.2 cm³/mol. The van der Waals surface area contributed by atoms with Gasteiger partial charge in [-0.2, -0.15) is 0 Å². The molecule has 0 aliphatic rings. The molecule has 7 nitrogen and oxygen atoms in total. The van der Waals surface area contributed by atoms with Crippen molar-refractivity contribution in [3.8, 4) is 11.6 Å². The Bertz CT molecular complexity index is 878. The molecule has 7 heteroatoms. The highest BCUT2D eigenvalue weighted by Crippen LogP contribution is 2.23. The van der Waals surface area contributed by atoms with Gasteiger partial charge in [0.2, 0.25) is 5.88 Å². The predicted octanol–water partition coefficient (Wildman–Crippen LogP) is 1.50. The number of hydrogen-bond donors (Lipinski definition) is 2. The van der Waals surface area contributed by atoms with E-state index in [9.17, 15) is 14.7 Å². The number of allylic oxidation sites excluding steroid dienone is 1. The van der Waals surface area contributed by atoms with Crippen LogP contribution in [0.25, 0.3) is 0 Å². The Kier molecular flexibility index (Phi) is 4.80. The zero-order valence-corrected chi connectivity index (χ0v) is 12.9. The van der Waals surface area contributed by atoms with Gasteiger partial charge in [-0.25, -0.2) is 4.79 Å². The fourth-order valence-corrected chi connectivity index (χ4v) is 2.02. The van der Waals surface area contributed by atoms with Crippen LogP contribution in [0.1, 0.15) is 11.1 Å². The number of nitrogens with one attached hydrogen (secondary N) is 1. The van der Waals surface area contributed by atoms with Crippen LogP contribution in [0.2, 0.25) is 0 Å². The van der Waals surface area contributed by atoms with Crippen molar-refractivity contribution in [1.82, 2.24) is 9.55 Å². The van der Waals surface area contributed by atoms with E-state index in [2.05, 4.69) is 16.6 Å². The van der Waals surface area contributed by atoms with Crippen molar-refractivity contribution >= 4 is 11.9 Å². The number of rotatable bonds is 5. The molecule has 2 aromatic rings. The topological polar surface area (TPSA) is 96.7 Å². The average Bonchev–Trinajstić information content (AvgIpc) is 2.52. The molecule has 0 amide bonds. The fraction of sp³-hybridized carbons (Fsp3) is 0.188. The van der Waals surface area contributed by atoms with Crippen molar-refractivity contribution in [3.05, 3.63) is 62.8 Å². The fourth-order valence-electron chi connectivity index (χ4n) is 2.02. The van der Waals surface area contributed by atoms with Crippen LogP contribution in [0, 0.1) is 6.92 Å². The lowest BCUT2D eigenvalue weighted by atomic mass is 10.2. The first-order valence-electron chi connectivity index (χ1n) is 6.83. The quantitative estimate of drug-likeness (QED) is 0.645. The lowest BCUT2D eigenvalue weighted by Gasteiger charge is -2.07. The van der Waals surface area contributed by atoms with Crippen molar-refractivity contribution in [1.29, 1.82) is 0 Å². The van der Waals surface area contributed by atoms with Gasteiger partial charge in [-0.3, -0.25) is 19.3 Å². The summed E-state index contributed by atoms with van der Waals surface area (Å²) in [4.78, 5) is 29.8. The highest BCUT2D eigenvalue weighted by atomic mass is 16.5. The Labute approximate surface area is 132 Å². The minimum Gasteiger partial charge on any atom is -0.497 e. The third kappa shape index (κ3) is 3.39. The van der Waals surface area contributed by atoms with Gasteiger partial charge in [0.1, 0.15) is 11.3 Å². The SMILES string of the molecule is C=CCn1c(O)c(C=Nc2ccc(OC)cc2C)c(=O)[nH]c1=O. The summed E-state index contributed by atoms with van der Waals surface area (Å²) in [6.45, 7) is 5.42. The number of aromatic amines is 1. The van der Waals surface area contributed by atoms with E-state index >= 15 is 0 Å². The average molecular weight is 315 g/mol. The molecule has 0 atom stereocenters. The molecule has 0 aliphatic carbocycles. The van der Waals surface area contributed by atoms with Crippen molar-refractivity contribution in [2.75, 3.05) is 7.11 Å². The second kappa shape index (κ2) is 6.78. The molecule has 0 saturated heterocycles. The molecule has 0 saturated carbocycles. The van der Waals surface area contributed by atoms with E-state index in [1.165, 1.54) is 12.3 Å². The van der Waals surface area contributed by atoms with E-state index in [4.69, 9.17) is 4.74 Å². The van der Waals surface area contributed by atoms with Crippen LogP contribution in [0.15, 0.2) is 45.4 Å². The van der Waals surface area contributed by atoms with Gasteiger partial charge in [-0.1, -0.05) is 6.08 Å². The number of hydrogen-bond acceptors (Lipinski definition) is 5. The first kappa shape index (κ1) is 16.3. The molecule has 1 aromatic carbocycles. The molecule has 0 bridgehead atoms. The number of methoxy groups -OCH3 is 1. The summed E-state index contributed by atoms with van der Waals surface area (Å²) in [7, 11) is 1.57. The van der Waals surface area contributed by atoms with Crippen LogP contribution in [0.5, 0.6) is 11.6 Å². The van der Waals surface area contributed by atoms with Gasteiger partial charge < -0.3 is 9.84 Å². The first-order chi connectivity index (χ1) is 11.0. The van der Waals surface area contributed by atoms with Crippen LogP contribution in [-0.2, 0) is 6.54 Å². The summed E-state index contributed by atoms with van der Waals surface area (Å²) >= 11 is 0. The number of aryl methyl sites for hydroxylation is 1. The maximum atomic E-state index is 11.9. The molecule has 2 rings (SSSR count). The standard InChI is InChI=1S/C16H17N3O4/c1-4-7-19-15(21)12(14(20)18-16(19)22)9-17-13-6-5-11(23-3)8-10(13)2/h4-6,8-9,21H,1,7H2,2-3H3,(H,18,20,22). The molecule has 0 radical (unpaired) electrons. The second-order valence-corrected chi connectivity index (χ2v) is 4.81. The number of aromatic nitrogens is 2. The Morgan fingerprint density at radius 2 is 2.17 bits per heavy atom. The van der Waals surface area contributed by atoms with E-state index in [0.717, 1.165) is 10.1 Å². The third-order valence-electron chi connectivity index (χ3n) is 3.26. The van der Waals surface area contributed by atoms with Gasteiger partial charge in [0.15, 0.2) is 0 Å². The van der Waals surface area contributed by atoms with Gasteiger partial charge in [-0.05, 0) is 30.7 Å². The van der Waals surface area contributed by atoms with Crippen molar-refractivity contribution in [3.63, 3.8) is 0 Å². The molecule has 1 aromatic heterocycles. The van der Waals surface area contributed by atoms with Crippen molar-refractivity contribution in [2.45, 2.75) is 13.5 Å². The Hall–Kier alpha value is -3.09. The highest BCUT2D eigenvalue weighted by Gasteiger charge is 2.11. The molecule has 23 heavy (non-hydrogen) atoms. The van der Waals surface area contributed by atoms with Gasteiger partial charge in [0.05, 0.1) is 12.8 Å². The number of benzene rings is 1. The maximum Gasteiger partial charge on any atom is 0.331 e. The van der Waals surface area contributed by atoms with E-state index in [0.29, 0.717) is 11.4 Å². The Morgan fingerprint density at radius 3 is 2.78 bits per heavy atom. The second-order valence-electron chi connectivity index (χ2n) is 4.81. The molecule has 1 heterocycles. The van der Waals surface area contributed by atoms with Gasteiger partial charge in [0.25, 0.3) is 5.56 Å². The minimum absolute atomic E-state index is 0.0733. The lowest BCUT2D eigenvalue weighted by Crippen LogP contribution is -2.31. The van der Waals surface area contributed by atoms with Crippen LogP contribution < -0.4 is 16.0 Å². The largest absolute Gasteiger partial charge is 0.497 e. The summed E-state index contributed by atoms with van der Waals surface area (Å²) in [6, 6.07) is 5.27. The van der Waals surface area contributed by atoms with Gasteiger partial charge in [-0.15, -0.1) is 6.58 Å². The molecule has 0 fully saturated rings. The Balaban J connectivity index is 2.48. The lowest BCUT2D eigenvalue weighted by molar-refractivity contribution is 0.410.